The van der Waals surface area contributed by atoms with Crippen LogP contribution in [0.1, 0.15) is 32.9 Å². The molecule has 106 valence electrons. The number of hydrogen-bond donors (Lipinski definition) is 2. The summed E-state index contributed by atoms with van der Waals surface area (Å²) in [6.07, 6.45) is 0. The predicted octanol–water partition coefficient (Wildman–Crippen LogP) is 3.12. The molecule has 0 fully saturated rings. The van der Waals surface area contributed by atoms with Crippen LogP contribution in [-0.4, -0.2) is 17.4 Å². The van der Waals surface area contributed by atoms with Gasteiger partial charge in [-0.1, -0.05) is 19.1 Å². The summed E-state index contributed by atoms with van der Waals surface area (Å²) in [4.78, 5) is 17.2. The Balaban J connectivity index is 2.09. The molecule has 2 rings (SSSR count). The molecular weight excluding hydrogens is 270 g/mol. The van der Waals surface area contributed by atoms with Gasteiger partial charge >= 0.3 is 0 Å². The van der Waals surface area contributed by atoms with Crippen LogP contribution in [0.2, 0.25) is 0 Å². The first-order valence-electron chi connectivity index (χ1n) is 6.65. The van der Waals surface area contributed by atoms with Crippen LogP contribution in [0.15, 0.2) is 24.3 Å². The number of hydrogen-bond acceptors (Lipinski definition) is 4. The molecule has 1 aromatic carbocycles. The molecular formula is C15H19N3OS. The Labute approximate surface area is 123 Å². The van der Waals surface area contributed by atoms with Gasteiger partial charge in [-0.25, -0.2) is 4.98 Å². The molecule has 0 unspecified atom stereocenters. The molecule has 0 aliphatic heterocycles. The number of amides is 1. The molecule has 0 radical (unpaired) electrons. The summed E-state index contributed by atoms with van der Waals surface area (Å²) in [5.41, 5.74) is 2.76. The van der Waals surface area contributed by atoms with E-state index in [1.54, 1.807) is 0 Å². The van der Waals surface area contributed by atoms with E-state index in [-0.39, 0.29) is 5.91 Å². The summed E-state index contributed by atoms with van der Waals surface area (Å²) in [7, 11) is 0. The lowest BCUT2D eigenvalue weighted by atomic mass is 10.2. The molecule has 0 aliphatic rings. The van der Waals surface area contributed by atoms with Crippen molar-refractivity contribution in [1.29, 1.82) is 0 Å². The third-order valence-corrected chi connectivity index (χ3v) is 3.95. The van der Waals surface area contributed by atoms with E-state index in [0.29, 0.717) is 4.88 Å². The van der Waals surface area contributed by atoms with Crippen molar-refractivity contribution in [3.8, 4) is 0 Å². The van der Waals surface area contributed by atoms with Gasteiger partial charge in [0.25, 0.3) is 5.91 Å². The van der Waals surface area contributed by atoms with Crippen LogP contribution in [-0.2, 0) is 6.54 Å². The van der Waals surface area contributed by atoms with Crippen molar-refractivity contribution in [2.45, 2.75) is 27.3 Å². The molecule has 0 aliphatic carbocycles. The summed E-state index contributed by atoms with van der Waals surface area (Å²) in [5, 5.41) is 7.11. The van der Waals surface area contributed by atoms with Gasteiger partial charge in [-0.2, -0.15) is 0 Å². The molecule has 0 saturated carbocycles. The molecule has 0 bridgehead atoms. The second-order valence-electron chi connectivity index (χ2n) is 4.58. The highest BCUT2D eigenvalue weighted by Gasteiger charge is 2.13. The van der Waals surface area contributed by atoms with Crippen LogP contribution >= 0.6 is 11.3 Å². The van der Waals surface area contributed by atoms with E-state index in [2.05, 4.69) is 22.5 Å². The van der Waals surface area contributed by atoms with E-state index in [9.17, 15) is 4.79 Å². The van der Waals surface area contributed by atoms with Crippen molar-refractivity contribution in [3.63, 3.8) is 0 Å². The van der Waals surface area contributed by atoms with Gasteiger partial charge in [-0.3, -0.25) is 4.79 Å². The maximum atomic E-state index is 12.2. The molecule has 1 heterocycles. The molecule has 0 spiro atoms. The van der Waals surface area contributed by atoms with E-state index in [4.69, 9.17) is 0 Å². The fourth-order valence-electron chi connectivity index (χ4n) is 1.96. The predicted molar refractivity (Wildman–Crippen MR) is 83.4 cm³/mol. The van der Waals surface area contributed by atoms with Gasteiger partial charge in [0, 0.05) is 12.2 Å². The highest BCUT2D eigenvalue weighted by Crippen LogP contribution is 2.19. The number of nitrogens with one attached hydrogen (secondary N) is 2. The van der Waals surface area contributed by atoms with Gasteiger partial charge in [-0.05, 0) is 38.1 Å². The second-order valence-corrected chi connectivity index (χ2v) is 5.79. The highest BCUT2D eigenvalue weighted by atomic mass is 32.1. The van der Waals surface area contributed by atoms with Crippen LogP contribution in [0.5, 0.6) is 0 Å². The van der Waals surface area contributed by atoms with Gasteiger partial charge in [0.15, 0.2) is 0 Å². The summed E-state index contributed by atoms with van der Waals surface area (Å²) in [6, 6.07) is 7.88. The van der Waals surface area contributed by atoms with E-state index in [0.717, 1.165) is 35.0 Å². The van der Waals surface area contributed by atoms with Crippen LogP contribution in [0, 0.1) is 13.8 Å². The first-order chi connectivity index (χ1) is 9.60. The van der Waals surface area contributed by atoms with Crippen LogP contribution in [0.3, 0.4) is 0 Å². The Morgan fingerprint density at radius 3 is 2.80 bits per heavy atom. The molecule has 20 heavy (non-hydrogen) atoms. The fraction of sp³-hybridized carbons (Fsp3) is 0.333. The van der Waals surface area contributed by atoms with Crippen LogP contribution < -0.4 is 10.6 Å². The standard InChI is InChI=1S/C15H19N3OS/c1-4-16-9-12-6-5-7-13(8-12)18-15(19)14-10(2)17-11(3)20-14/h5-8,16H,4,9H2,1-3H3,(H,18,19). The average Bonchev–Trinajstić information content (AvgIpc) is 2.76. The average molecular weight is 289 g/mol. The monoisotopic (exact) mass is 289 g/mol. The molecule has 4 nitrogen and oxygen atoms in total. The third-order valence-electron chi connectivity index (χ3n) is 2.87. The van der Waals surface area contributed by atoms with Crippen molar-refractivity contribution >= 4 is 22.9 Å². The maximum absolute atomic E-state index is 12.2. The van der Waals surface area contributed by atoms with Gasteiger partial charge in [0.1, 0.15) is 4.88 Å². The summed E-state index contributed by atoms with van der Waals surface area (Å²) >= 11 is 1.42. The molecule has 0 saturated heterocycles. The summed E-state index contributed by atoms with van der Waals surface area (Å²) < 4.78 is 0. The summed E-state index contributed by atoms with van der Waals surface area (Å²) in [6.45, 7) is 7.57. The molecule has 2 aromatic rings. The normalized spacial score (nSPS) is 10.6. The van der Waals surface area contributed by atoms with Crippen molar-refractivity contribution in [2.75, 3.05) is 11.9 Å². The SMILES string of the molecule is CCNCc1cccc(NC(=O)c2sc(C)nc2C)c1. The van der Waals surface area contributed by atoms with Gasteiger partial charge in [-0.15, -0.1) is 11.3 Å². The van der Waals surface area contributed by atoms with Crippen molar-refractivity contribution < 1.29 is 4.79 Å². The molecule has 1 aromatic heterocycles. The number of rotatable bonds is 5. The Morgan fingerprint density at radius 1 is 1.35 bits per heavy atom. The zero-order valence-electron chi connectivity index (χ0n) is 12.0. The van der Waals surface area contributed by atoms with Gasteiger partial charge < -0.3 is 10.6 Å². The molecule has 5 heteroatoms. The smallest absolute Gasteiger partial charge is 0.267 e. The number of aryl methyl sites for hydroxylation is 2. The highest BCUT2D eigenvalue weighted by molar-refractivity contribution is 7.13. The van der Waals surface area contributed by atoms with E-state index < -0.39 is 0 Å². The van der Waals surface area contributed by atoms with Crippen molar-refractivity contribution in [3.05, 3.63) is 45.4 Å². The number of thiazole rings is 1. The van der Waals surface area contributed by atoms with Gasteiger partial charge in [0.2, 0.25) is 0 Å². The molecule has 2 N–H and O–H groups in total. The minimum Gasteiger partial charge on any atom is -0.321 e. The maximum Gasteiger partial charge on any atom is 0.267 e. The lowest BCUT2D eigenvalue weighted by molar-refractivity contribution is 0.103. The lowest BCUT2D eigenvalue weighted by Crippen LogP contribution is -2.14. The number of aromatic nitrogens is 1. The number of anilines is 1. The lowest BCUT2D eigenvalue weighted by Gasteiger charge is -2.07. The van der Waals surface area contributed by atoms with Gasteiger partial charge in [0.05, 0.1) is 10.7 Å². The first-order valence-corrected chi connectivity index (χ1v) is 7.47. The third kappa shape index (κ3) is 3.65. The summed E-state index contributed by atoms with van der Waals surface area (Å²) in [5.74, 6) is -0.0892. The second kappa shape index (κ2) is 6.63. The number of nitrogens with zero attached hydrogens (tertiary/aromatic N) is 1. The molecule has 1 amide bonds. The van der Waals surface area contributed by atoms with Crippen molar-refractivity contribution in [1.82, 2.24) is 10.3 Å². The molecule has 0 atom stereocenters. The van der Waals surface area contributed by atoms with E-state index >= 15 is 0 Å². The van der Waals surface area contributed by atoms with Crippen LogP contribution in [0.25, 0.3) is 0 Å². The number of carbonyl (C=O) groups excluding carboxylic acids is 1. The quantitative estimate of drug-likeness (QED) is 0.889. The largest absolute Gasteiger partial charge is 0.321 e. The first kappa shape index (κ1) is 14.7. The Bertz CT molecular complexity index is 607. The Morgan fingerprint density at radius 2 is 2.15 bits per heavy atom. The zero-order valence-corrected chi connectivity index (χ0v) is 12.8. The Kier molecular flexibility index (Phi) is 4.87. The minimum atomic E-state index is -0.0892. The fourth-order valence-corrected chi connectivity index (χ4v) is 2.77. The number of benzene rings is 1. The number of carbonyl (C=O) groups is 1. The van der Waals surface area contributed by atoms with Crippen molar-refractivity contribution in [2.24, 2.45) is 0 Å². The zero-order chi connectivity index (χ0) is 14.5. The minimum absolute atomic E-state index is 0.0892. The van der Waals surface area contributed by atoms with E-state index in [1.807, 2.05) is 38.1 Å². The van der Waals surface area contributed by atoms with E-state index in [1.165, 1.54) is 11.3 Å². The van der Waals surface area contributed by atoms with Crippen LogP contribution in [0.4, 0.5) is 5.69 Å². The Hall–Kier alpha value is -1.72. The topological polar surface area (TPSA) is 54.0 Å².